The molecular weight excluding hydrogens is 302 g/mol. The zero-order chi connectivity index (χ0) is 13.8. The van der Waals surface area contributed by atoms with Gasteiger partial charge < -0.3 is 5.32 Å². The van der Waals surface area contributed by atoms with Crippen LogP contribution in [-0.4, -0.2) is 17.0 Å². The van der Waals surface area contributed by atoms with Gasteiger partial charge in [0, 0.05) is 34.4 Å². The Labute approximate surface area is 122 Å². The van der Waals surface area contributed by atoms with E-state index in [1.807, 2.05) is 32.3 Å². The summed E-state index contributed by atoms with van der Waals surface area (Å²) in [4.78, 5) is 9.06. The molecule has 1 heterocycles. The average molecular weight is 320 g/mol. The van der Waals surface area contributed by atoms with Gasteiger partial charge in [-0.25, -0.2) is 9.97 Å². The quantitative estimate of drug-likeness (QED) is 0.938. The van der Waals surface area contributed by atoms with Crippen LogP contribution in [0.2, 0.25) is 0 Å². The van der Waals surface area contributed by atoms with Crippen molar-refractivity contribution < 1.29 is 0 Å². The first-order chi connectivity index (χ1) is 9.10. The van der Waals surface area contributed by atoms with Crippen molar-refractivity contribution in [1.82, 2.24) is 15.3 Å². The molecular formula is C15H18BrN3. The van der Waals surface area contributed by atoms with Crippen LogP contribution in [0.15, 0.2) is 34.9 Å². The second kappa shape index (κ2) is 6.26. The molecule has 0 spiro atoms. The normalized spacial score (nSPS) is 12.4. The van der Waals surface area contributed by atoms with E-state index in [0.717, 1.165) is 28.0 Å². The summed E-state index contributed by atoms with van der Waals surface area (Å²) < 4.78 is 1.09. The van der Waals surface area contributed by atoms with Gasteiger partial charge in [0.05, 0.1) is 0 Å². The zero-order valence-corrected chi connectivity index (χ0v) is 13.0. The number of rotatable bonds is 4. The highest BCUT2D eigenvalue weighted by Crippen LogP contribution is 2.16. The second-order valence-corrected chi connectivity index (χ2v) is 5.56. The maximum Gasteiger partial charge on any atom is 0.132 e. The van der Waals surface area contributed by atoms with E-state index in [0.29, 0.717) is 0 Å². The van der Waals surface area contributed by atoms with Gasteiger partial charge in [0.2, 0.25) is 0 Å². The lowest BCUT2D eigenvalue weighted by Gasteiger charge is -2.13. The minimum absolute atomic E-state index is 0.279. The van der Waals surface area contributed by atoms with E-state index >= 15 is 0 Å². The van der Waals surface area contributed by atoms with Crippen LogP contribution >= 0.6 is 15.9 Å². The van der Waals surface area contributed by atoms with Gasteiger partial charge in [0.1, 0.15) is 5.82 Å². The smallest absolute Gasteiger partial charge is 0.132 e. The predicted molar refractivity (Wildman–Crippen MR) is 81.2 cm³/mol. The third-order valence-corrected chi connectivity index (χ3v) is 3.77. The van der Waals surface area contributed by atoms with Crippen LogP contribution in [-0.2, 0) is 6.42 Å². The summed E-state index contributed by atoms with van der Waals surface area (Å²) in [6.45, 7) is 4.15. The first-order valence-electron chi connectivity index (χ1n) is 6.34. The van der Waals surface area contributed by atoms with E-state index in [9.17, 15) is 0 Å². The van der Waals surface area contributed by atoms with Gasteiger partial charge in [-0.15, -0.1) is 0 Å². The Morgan fingerprint density at radius 3 is 2.53 bits per heavy atom. The van der Waals surface area contributed by atoms with Crippen molar-refractivity contribution >= 4 is 15.9 Å². The lowest BCUT2D eigenvalue weighted by molar-refractivity contribution is 0.638. The minimum atomic E-state index is 0.279. The van der Waals surface area contributed by atoms with Crippen LogP contribution in [0.1, 0.15) is 35.6 Å². The summed E-state index contributed by atoms with van der Waals surface area (Å²) in [5.74, 6) is 0.867. The summed E-state index contributed by atoms with van der Waals surface area (Å²) in [6.07, 6.45) is 2.69. The molecule has 0 fully saturated rings. The fourth-order valence-corrected chi connectivity index (χ4v) is 2.24. The topological polar surface area (TPSA) is 37.8 Å². The molecule has 0 bridgehead atoms. The first kappa shape index (κ1) is 14.2. The van der Waals surface area contributed by atoms with Gasteiger partial charge in [-0.3, -0.25) is 0 Å². The maximum atomic E-state index is 4.60. The Kier molecular flexibility index (Phi) is 4.66. The van der Waals surface area contributed by atoms with E-state index in [1.54, 1.807) is 0 Å². The van der Waals surface area contributed by atoms with Gasteiger partial charge in [-0.2, -0.15) is 0 Å². The molecule has 1 aromatic heterocycles. The maximum absolute atomic E-state index is 4.60. The molecule has 0 radical (unpaired) electrons. The SMILES string of the molecule is CNC(C)c1cnc(Cc2ccc(Br)cc2)nc1C. The Bertz CT molecular complexity index is 552. The van der Waals surface area contributed by atoms with E-state index in [1.165, 1.54) is 5.56 Å². The van der Waals surface area contributed by atoms with Crippen molar-refractivity contribution in [2.24, 2.45) is 0 Å². The predicted octanol–water partition coefficient (Wildman–Crippen LogP) is 3.42. The van der Waals surface area contributed by atoms with E-state index in [-0.39, 0.29) is 6.04 Å². The molecule has 3 nitrogen and oxygen atoms in total. The lowest BCUT2D eigenvalue weighted by Crippen LogP contribution is -2.15. The Morgan fingerprint density at radius 2 is 1.95 bits per heavy atom. The molecule has 0 aliphatic carbocycles. The molecule has 1 aromatic carbocycles. The number of hydrogen-bond acceptors (Lipinski definition) is 3. The highest BCUT2D eigenvalue weighted by Gasteiger charge is 2.09. The summed E-state index contributed by atoms with van der Waals surface area (Å²) in [6, 6.07) is 8.54. The largest absolute Gasteiger partial charge is 0.313 e. The molecule has 0 amide bonds. The Hall–Kier alpha value is -1.26. The number of nitrogens with zero attached hydrogens (tertiary/aromatic N) is 2. The van der Waals surface area contributed by atoms with Crippen molar-refractivity contribution in [3.05, 3.63) is 57.6 Å². The molecule has 2 rings (SSSR count). The molecule has 0 aliphatic heterocycles. The van der Waals surface area contributed by atoms with Crippen molar-refractivity contribution in [2.75, 3.05) is 7.05 Å². The summed E-state index contributed by atoms with van der Waals surface area (Å²) in [5, 5.41) is 3.21. The third-order valence-electron chi connectivity index (χ3n) is 3.24. The van der Waals surface area contributed by atoms with Crippen molar-refractivity contribution in [3.8, 4) is 0 Å². The number of hydrogen-bond donors (Lipinski definition) is 1. The van der Waals surface area contributed by atoms with Gasteiger partial charge in [-0.1, -0.05) is 28.1 Å². The minimum Gasteiger partial charge on any atom is -0.313 e. The third kappa shape index (κ3) is 3.61. The Morgan fingerprint density at radius 1 is 1.26 bits per heavy atom. The van der Waals surface area contributed by atoms with Gasteiger partial charge in [0.25, 0.3) is 0 Å². The first-order valence-corrected chi connectivity index (χ1v) is 7.13. The monoisotopic (exact) mass is 319 g/mol. The number of aromatic nitrogens is 2. The fourth-order valence-electron chi connectivity index (χ4n) is 1.98. The molecule has 0 saturated carbocycles. The van der Waals surface area contributed by atoms with Crippen molar-refractivity contribution in [3.63, 3.8) is 0 Å². The second-order valence-electron chi connectivity index (χ2n) is 4.64. The highest BCUT2D eigenvalue weighted by molar-refractivity contribution is 9.10. The van der Waals surface area contributed by atoms with Crippen molar-refractivity contribution in [1.29, 1.82) is 0 Å². The number of halogens is 1. The molecule has 1 unspecified atom stereocenters. The molecule has 19 heavy (non-hydrogen) atoms. The van der Waals surface area contributed by atoms with Gasteiger partial charge >= 0.3 is 0 Å². The molecule has 1 atom stereocenters. The van der Waals surface area contributed by atoms with Crippen molar-refractivity contribution in [2.45, 2.75) is 26.3 Å². The van der Waals surface area contributed by atoms with Gasteiger partial charge in [-0.05, 0) is 38.6 Å². The van der Waals surface area contributed by atoms with E-state index < -0.39 is 0 Å². The molecule has 1 N–H and O–H groups in total. The molecule has 4 heteroatoms. The number of aryl methyl sites for hydroxylation is 1. The molecule has 2 aromatic rings. The molecule has 0 aliphatic rings. The molecule has 0 saturated heterocycles. The average Bonchev–Trinajstić information content (AvgIpc) is 2.41. The van der Waals surface area contributed by atoms with Gasteiger partial charge in [0.15, 0.2) is 0 Å². The standard InChI is InChI=1S/C15H18BrN3/c1-10(17-3)14-9-18-15(19-11(14)2)8-12-4-6-13(16)7-5-12/h4-7,9-10,17H,8H2,1-3H3. The van der Waals surface area contributed by atoms with Crippen LogP contribution in [0, 0.1) is 6.92 Å². The van der Waals surface area contributed by atoms with Crippen LogP contribution in [0.4, 0.5) is 0 Å². The Balaban J connectivity index is 2.18. The summed E-state index contributed by atoms with van der Waals surface area (Å²) in [7, 11) is 1.94. The highest BCUT2D eigenvalue weighted by atomic mass is 79.9. The lowest BCUT2D eigenvalue weighted by atomic mass is 10.1. The molecule has 100 valence electrons. The number of nitrogens with one attached hydrogen (secondary N) is 1. The van der Waals surface area contributed by atoms with Crippen LogP contribution < -0.4 is 5.32 Å². The van der Waals surface area contributed by atoms with Crippen LogP contribution in [0.25, 0.3) is 0 Å². The van der Waals surface area contributed by atoms with E-state index in [2.05, 4.69) is 50.3 Å². The fraction of sp³-hybridized carbons (Fsp3) is 0.333. The van der Waals surface area contributed by atoms with Crippen LogP contribution in [0.3, 0.4) is 0 Å². The number of benzene rings is 1. The summed E-state index contributed by atoms with van der Waals surface area (Å²) >= 11 is 3.44. The van der Waals surface area contributed by atoms with Crippen LogP contribution in [0.5, 0.6) is 0 Å². The zero-order valence-electron chi connectivity index (χ0n) is 11.4. The summed E-state index contributed by atoms with van der Waals surface area (Å²) in [5.41, 5.74) is 3.42. The van der Waals surface area contributed by atoms with E-state index in [4.69, 9.17) is 0 Å².